The molecule has 1 unspecified atom stereocenters. The van der Waals surface area contributed by atoms with Crippen LogP contribution in [0.5, 0.6) is 0 Å². The summed E-state index contributed by atoms with van der Waals surface area (Å²) in [5, 5.41) is 2.46. The van der Waals surface area contributed by atoms with Crippen molar-refractivity contribution in [3.63, 3.8) is 0 Å². The van der Waals surface area contributed by atoms with Gasteiger partial charge in [-0.2, -0.15) is 0 Å². The van der Waals surface area contributed by atoms with Crippen molar-refractivity contribution in [2.24, 2.45) is 0 Å². The Balaban J connectivity index is 2.04. The number of carbonyl (C=O) groups excluding carboxylic acids is 1. The summed E-state index contributed by atoms with van der Waals surface area (Å²) in [4.78, 5) is 9.67. The predicted molar refractivity (Wildman–Crippen MR) is 32.7 cm³/mol. The highest BCUT2D eigenvalue weighted by Crippen LogP contribution is 2.09. The number of amides is 1. The lowest BCUT2D eigenvalue weighted by atomic mass is 10.2. The molecule has 1 fully saturated rings. The summed E-state index contributed by atoms with van der Waals surface area (Å²) in [6.07, 6.45) is 4.04. The summed E-state index contributed by atoms with van der Waals surface area (Å²) in [6, 6.07) is 0. The Kier molecular flexibility index (Phi) is 2.51. The summed E-state index contributed by atoms with van der Waals surface area (Å²) in [7, 11) is 0. The summed E-state index contributed by atoms with van der Waals surface area (Å²) >= 11 is 0. The molecule has 9 heavy (non-hydrogen) atoms. The van der Waals surface area contributed by atoms with Crippen LogP contribution < -0.4 is 5.32 Å². The van der Waals surface area contributed by atoms with Gasteiger partial charge in [0.2, 0.25) is 0 Å². The van der Waals surface area contributed by atoms with E-state index in [1.165, 1.54) is 0 Å². The molecule has 0 aromatic rings. The second kappa shape index (κ2) is 3.45. The maximum atomic E-state index is 9.67. The minimum absolute atomic E-state index is 0.242. The van der Waals surface area contributed by atoms with E-state index >= 15 is 0 Å². The van der Waals surface area contributed by atoms with Crippen molar-refractivity contribution in [1.82, 2.24) is 5.32 Å². The molecule has 1 amide bonds. The molecule has 1 aliphatic heterocycles. The van der Waals surface area contributed by atoms with Gasteiger partial charge >= 0.3 is 6.41 Å². The zero-order valence-electron chi connectivity index (χ0n) is 5.22. The van der Waals surface area contributed by atoms with Crippen molar-refractivity contribution in [1.29, 1.82) is 0 Å². The fourth-order valence-electron chi connectivity index (χ4n) is 0.961. The topological polar surface area (TPSA) is 38.3 Å². The molecule has 1 heterocycles. The van der Waals surface area contributed by atoms with E-state index in [0.29, 0.717) is 6.54 Å². The Bertz CT molecular complexity index is 89.1. The Labute approximate surface area is 54.4 Å². The second-order valence-electron chi connectivity index (χ2n) is 2.12. The smallest absolute Gasteiger partial charge is 0.309 e. The Hall–Kier alpha value is -0.570. The molecule has 0 aromatic carbocycles. The maximum absolute atomic E-state index is 9.67. The second-order valence-corrected chi connectivity index (χ2v) is 2.12. The fourth-order valence-corrected chi connectivity index (χ4v) is 0.961. The molecule has 1 N–H and O–H groups in total. The lowest BCUT2D eigenvalue weighted by molar-refractivity contribution is 0.114. The van der Waals surface area contributed by atoms with Crippen LogP contribution in [0.25, 0.3) is 0 Å². The minimum atomic E-state index is 0.242. The van der Waals surface area contributed by atoms with Crippen molar-refractivity contribution < 1.29 is 9.53 Å². The maximum Gasteiger partial charge on any atom is 0.309 e. The zero-order chi connectivity index (χ0) is 6.53. The first-order valence-electron chi connectivity index (χ1n) is 3.15. The fraction of sp³-hybridized carbons (Fsp3) is 0.833. The zero-order valence-corrected chi connectivity index (χ0v) is 5.22. The summed E-state index contributed by atoms with van der Waals surface area (Å²) < 4.78 is 5.21. The van der Waals surface area contributed by atoms with Crippen LogP contribution in [0.15, 0.2) is 0 Å². The number of hydrogen-bond acceptors (Lipinski definition) is 2. The number of ether oxygens (including phenoxy) is 1. The number of nitrogens with one attached hydrogen (secondary N) is 1. The van der Waals surface area contributed by atoms with Crippen molar-refractivity contribution in [2.45, 2.75) is 18.9 Å². The van der Waals surface area contributed by atoms with Gasteiger partial charge in [-0.15, -0.1) is 0 Å². The van der Waals surface area contributed by atoms with Gasteiger partial charge < -0.3 is 10.1 Å². The summed E-state index contributed by atoms with van der Waals surface area (Å²) in [5.41, 5.74) is 0. The number of hydrogen-bond donors (Lipinski definition) is 1. The molecule has 1 saturated heterocycles. The van der Waals surface area contributed by atoms with Crippen LogP contribution in [0.1, 0.15) is 12.8 Å². The van der Waals surface area contributed by atoms with Crippen LogP contribution in [0.2, 0.25) is 0 Å². The standard InChI is InChI=1S/C6H10NO2/c8-5-7-4-6-2-1-3-9-6/h6H,1-4H2,(H,7,8). The van der Waals surface area contributed by atoms with Gasteiger partial charge in [0.25, 0.3) is 0 Å². The van der Waals surface area contributed by atoms with Crippen LogP contribution in [-0.2, 0) is 9.53 Å². The molecule has 0 aliphatic carbocycles. The van der Waals surface area contributed by atoms with Crippen LogP contribution in [0.3, 0.4) is 0 Å². The quantitative estimate of drug-likeness (QED) is 0.535. The SMILES string of the molecule is O=[C]NCC1CCCO1. The molecule has 1 rings (SSSR count). The molecule has 0 spiro atoms. The average molecular weight is 128 g/mol. The minimum Gasteiger partial charge on any atom is -0.376 e. The van der Waals surface area contributed by atoms with Gasteiger partial charge in [-0.05, 0) is 12.8 Å². The lowest BCUT2D eigenvalue weighted by Gasteiger charge is -2.05. The monoisotopic (exact) mass is 128 g/mol. The van der Waals surface area contributed by atoms with Crippen molar-refractivity contribution >= 4 is 6.41 Å². The van der Waals surface area contributed by atoms with Gasteiger partial charge in [-0.1, -0.05) is 0 Å². The van der Waals surface area contributed by atoms with E-state index in [4.69, 9.17) is 4.74 Å². The largest absolute Gasteiger partial charge is 0.376 e. The van der Waals surface area contributed by atoms with Crippen LogP contribution >= 0.6 is 0 Å². The highest BCUT2D eigenvalue weighted by Gasteiger charge is 2.13. The molecule has 1 atom stereocenters. The first-order valence-corrected chi connectivity index (χ1v) is 3.15. The molecule has 1 aliphatic rings. The molecule has 51 valence electrons. The van der Waals surface area contributed by atoms with Crippen molar-refractivity contribution in [2.75, 3.05) is 13.2 Å². The predicted octanol–water partition coefficient (Wildman–Crippen LogP) is -0.178. The highest BCUT2D eigenvalue weighted by molar-refractivity contribution is 5.46. The van der Waals surface area contributed by atoms with Crippen LogP contribution in [-0.4, -0.2) is 25.7 Å². The van der Waals surface area contributed by atoms with Gasteiger partial charge in [0.15, 0.2) is 0 Å². The molecule has 0 bridgehead atoms. The van der Waals surface area contributed by atoms with Gasteiger partial charge in [0.1, 0.15) is 0 Å². The molecular weight excluding hydrogens is 118 g/mol. The van der Waals surface area contributed by atoms with Gasteiger partial charge in [-0.3, -0.25) is 4.79 Å². The number of rotatable bonds is 3. The summed E-state index contributed by atoms with van der Waals surface area (Å²) in [5.74, 6) is 0. The first kappa shape index (κ1) is 6.55. The molecule has 3 heteroatoms. The van der Waals surface area contributed by atoms with Crippen LogP contribution in [0.4, 0.5) is 0 Å². The summed E-state index contributed by atoms with van der Waals surface area (Å²) in [6.45, 7) is 1.45. The lowest BCUT2D eigenvalue weighted by Crippen LogP contribution is -2.24. The molecule has 0 aromatic heterocycles. The first-order chi connectivity index (χ1) is 4.43. The third kappa shape index (κ3) is 2.01. The van der Waals surface area contributed by atoms with E-state index in [1.807, 2.05) is 0 Å². The van der Waals surface area contributed by atoms with Crippen molar-refractivity contribution in [3.05, 3.63) is 0 Å². The van der Waals surface area contributed by atoms with E-state index in [1.54, 1.807) is 6.41 Å². The van der Waals surface area contributed by atoms with Crippen LogP contribution in [0, 0.1) is 0 Å². The van der Waals surface area contributed by atoms with Gasteiger partial charge in [0.05, 0.1) is 6.10 Å². The van der Waals surface area contributed by atoms with E-state index in [9.17, 15) is 4.79 Å². The van der Waals surface area contributed by atoms with Gasteiger partial charge in [0, 0.05) is 13.2 Å². The molecular formula is C6H10NO2. The van der Waals surface area contributed by atoms with E-state index in [2.05, 4.69) is 5.32 Å². The molecule has 1 radical (unpaired) electrons. The van der Waals surface area contributed by atoms with E-state index < -0.39 is 0 Å². The highest BCUT2D eigenvalue weighted by atomic mass is 16.5. The molecule has 3 nitrogen and oxygen atoms in total. The van der Waals surface area contributed by atoms with E-state index in [0.717, 1.165) is 19.4 Å². The Morgan fingerprint density at radius 3 is 3.22 bits per heavy atom. The normalized spacial score (nSPS) is 26.0. The molecule has 0 saturated carbocycles. The van der Waals surface area contributed by atoms with E-state index in [-0.39, 0.29) is 6.10 Å². The third-order valence-electron chi connectivity index (χ3n) is 1.43. The Morgan fingerprint density at radius 1 is 1.78 bits per heavy atom. The van der Waals surface area contributed by atoms with Gasteiger partial charge in [-0.25, -0.2) is 0 Å². The average Bonchev–Trinajstić information content (AvgIpc) is 2.34. The third-order valence-corrected chi connectivity index (χ3v) is 1.43. The Morgan fingerprint density at radius 2 is 2.67 bits per heavy atom. The van der Waals surface area contributed by atoms with Crippen molar-refractivity contribution in [3.8, 4) is 0 Å².